The third-order valence-electron chi connectivity index (χ3n) is 2.03. The van der Waals surface area contributed by atoms with Crippen molar-refractivity contribution < 1.29 is 4.74 Å². The molecule has 0 unspecified atom stereocenters. The molecule has 70 valence electrons. The molecule has 13 heavy (non-hydrogen) atoms. The minimum Gasteiger partial charge on any atom is -0.383 e. The first-order valence-corrected chi connectivity index (χ1v) is 5.37. The first-order chi connectivity index (χ1) is 6.40. The summed E-state index contributed by atoms with van der Waals surface area (Å²) in [5.74, 6) is 1.16. The number of anilines is 1. The average molecular weight is 195 g/mol. The van der Waals surface area contributed by atoms with Gasteiger partial charge in [-0.05, 0) is 17.7 Å². The van der Waals surface area contributed by atoms with E-state index in [1.165, 1.54) is 16.1 Å². The molecular weight excluding hydrogens is 182 g/mol. The number of thioether (sulfide) groups is 1. The van der Waals surface area contributed by atoms with Crippen molar-refractivity contribution in [3.05, 3.63) is 23.8 Å². The summed E-state index contributed by atoms with van der Waals surface area (Å²) in [7, 11) is 1.72. The van der Waals surface area contributed by atoms with Crippen LogP contribution in [0.15, 0.2) is 23.1 Å². The number of fused-ring (bicyclic) bond motifs is 1. The van der Waals surface area contributed by atoms with E-state index in [0.29, 0.717) is 6.61 Å². The van der Waals surface area contributed by atoms with Gasteiger partial charge in [0.1, 0.15) is 0 Å². The molecule has 0 radical (unpaired) electrons. The van der Waals surface area contributed by atoms with Gasteiger partial charge < -0.3 is 10.1 Å². The fourth-order valence-corrected chi connectivity index (χ4v) is 2.32. The lowest BCUT2D eigenvalue weighted by Gasteiger charge is -2.17. The van der Waals surface area contributed by atoms with Gasteiger partial charge in [-0.25, -0.2) is 0 Å². The van der Waals surface area contributed by atoms with Crippen molar-refractivity contribution in [2.45, 2.75) is 11.5 Å². The lowest BCUT2D eigenvalue weighted by atomic mass is 10.2. The molecule has 0 fully saturated rings. The van der Waals surface area contributed by atoms with Crippen LogP contribution in [-0.4, -0.2) is 19.4 Å². The Hall–Kier alpha value is -0.670. The van der Waals surface area contributed by atoms with E-state index >= 15 is 0 Å². The van der Waals surface area contributed by atoms with Crippen LogP contribution in [0.3, 0.4) is 0 Å². The molecule has 1 N–H and O–H groups in total. The van der Waals surface area contributed by atoms with E-state index in [1.54, 1.807) is 7.11 Å². The SMILES string of the molecule is COCc1ccc2c(c1)NCCS2. The first kappa shape index (κ1) is 8.91. The van der Waals surface area contributed by atoms with Crippen molar-refractivity contribution in [3.63, 3.8) is 0 Å². The maximum absolute atomic E-state index is 5.08. The van der Waals surface area contributed by atoms with Crippen molar-refractivity contribution in [2.75, 3.05) is 24.7 Å². The Morgan fingerprint density at radius 1 is 1.54 bits per heavy atom. The molecule has 0 amide bonds. The highest BCUT2D eigenvalue weighted by atomic mass is 32.2. The third kappa shape index (κ3) is 1.98. The molecule has 2 nitrogen and oxygen atoms in total. The zero-order valence-corrected chi connectivity index (χ0v) is 8.49. The lowest BCUT2D eigenvalue weighted by Crippen LogP contribution is -2.10. The van der Waals surface area contributed by atoms with E-state index in [9.17, 15) is 0 Å². The van der Waals surface area contributed by atoms with Gasteiger partial charge in [-0.15, -0.1) is 11.8 Å². The molecule has 1 aliphatic heterocycles. The van der Waals surface area contributed by atoms with E-state index in [1.807, 2.05) is 11.8 Å². The molecule has 0 saturated heterocycles. The largest absolute Gasteiger partial charge is 0.383 e. The van der Waals surface area contributed by atoms with Gasteiger partial charge in [0, 0.05) is 30.0 Å². The fraction of sp³-hybridized carbons (Fsp3) is 0.400. The number of rotatable bonds is 2. The summed E-state index contributed by atoms with van der Waals surface area (Å²) in [4.78, 5) is 1.35. The summed E-state index contributed by atoms with van der Waals surface area (Å²) in [6, 6.07) is 6.47. The Bertz CT molecular complexity index is 301. The van der Waals surface area contributed by atoms with Crippen LogP contribution in [0.25, 0.3) is 0 Å². The predicted octanol–water partition coefficient (Wildman–Crippen LogP) is 2.35. The Morgan fingerprint density at radius 3 is 3.31 bits per heavy atom. The minimum atomic E-state index is 0.694. The monoisotopic (exact) mass is 195 g/mol. The number of hydrogen-bond donors (Lipinski definition) is 1. The summed E-state index contributed by atoms with van der Waals surface area (Å²) in [6.45, 7) is 1.76. The average Bonchev–Trinajstić information content (AvgIpc) is 2.18. The van der Waals surface area contributed by atoms with Crippen LogP contribution in [0.2, 0.25) is 0 Å². The van der Waals surface area contributed by atoms with Crippen LogP contribution < -0.4 is 5.32 Å². The standard InChI is InChI=1S/C10H13NOS/c1-12-7-8-2-3-10-9(6-8)11-4-5-13-10/h2-3,6,11H,4-5,7H2,1H3. The van der Waals surface area contributed by atoms with E-state index in [4.69, 9.17) is 4.74 Å². The smallest absolute Gasteiger partial charge is 0.0713 e. The Balaban J connectivity index is 2.24. The van der Waals surface area contributed by atoms with Gasteiger partial charge in [-0.1, -0.05) is 6.07 Å². The quantitative estimate of drug-likeness (QED) is 0.782. The molecule has 0 atom stereocenters. The van der Waals surface area contributed by atoms with Gasteiger partial charge in [0.2, 0.25) is 0 Å². The summed E-state index contributed by atoms with van der Waals surface area (Å²) >= 11 is 1.91. The molecule has 0 aromatic heterocycles. The molecular formula is C10H13NOS. The Labute approximate surface area is 82.7 Å². The second kappa shape index (κ2) is 4.03. The summed E-state index contributed by atoms with van der Waals surface area (Å²) in [6.07, 6.45) is 0. The molecule has 1 heterocycles. The van der Waals surface area contributed by atoms with Crippen LogP contribution >= 0.6 is 11.8 Å². The van der Waals surface area contributed by atoms with Crippen LogP contribution in [0.4, 0.5) is 5.69 Å². The third-order valence-corrected chi connectivity index (χ3v) is 3.11. The van der Waals surface area contributed by atoms with Crippen LogP contribution in [0.5, 0.6) is 0 Å². The molecule has 0 spiro atoms. The topological polar surface area (TPSA) is 21.3 Å². The van der Waals surface area contributed by atoms with Gasteiger partial charge in [0.15, 0.2) is 0 Å². The van der Waals surface area contributed by atoms with Gasteiger partial charge in [-0.3, -0.25) is 0 Å². The summed E-state index contributed by atoms with van der Waals surface area (Å²) in [5.41, 5.74) is 2.49. The molecule has 1 aromatic carbocycles. The molecule has 0 bridgehead atoms. The van der Waals surface area contributed by atoms with Crippen molar-refractivity contribution >= 4 is 17.4 Å². The first-order valence-electron chi connectivity index (χ1n) is 4.38. The molecule has 1 aliphatic rings. The van der Waals surface area contributed by atoms with Crippen LogP contribution in [-0.2, 0) is 11.3 Å². The van der Waals surface area contributed by atoms with Crippen LogP contribution in [0.1, 0.15) is 5.56 Å². The molecule has 0 saturated carbocycles. The number of methoxy groups -OCH3 is 1. The highest BCUT2D eigenvalue weighted by Gasteiger charge is 2.08. The normalized spacial score (nSPS) is 14.8. The molecule has 2 rings (SSSR count). The summed E-state index contributed by atoms with van der Waals surface area (Å²) in [5, 5.41) is 3.39. The Kier molecular flexibility index (Phi) is 2.76. The predicted molar refractivity (Wildman–Crippen MR) is 56.4 cm³/mol. The van der Waals surface area contributed by atoms with Crippen molar-refractivity contribution in [1.29, 1.82) is 0 Å². The van der Waals surface area contributed by atoms with Crippen molar-refractivity contribution in [1.82, 2.24) is 0 Å². The number of ether oxygens (including phenoxy) is 1. The zero-order valence-electron chi connectivity index (χ0n) is 7.67. The van der Waals surface area contributed by atoms with E-state index < -0.39 is 0 Å². The maximum Gasteiger partial charge on any atom is 0.0713 e. The van der Waals surface area contributed by atoms with E-state index in [-0.39, 0.29) is 0 Å². The van der Waals surface area contributed by atoms with Crippen LogP contribution in [0, 0.1) is 0 Å². The van der Waals surface area contributed by atoms with Gasteiger partial charge in [-0.2, -0.15) is 0 Å². The molecule has 0 aliphatic carbocycles. The van der Waals surface area contributed by atoms with Crippen molar-refractivity contribution in [2.24, 2.45) is 0 Å². The number of nitrogens with one attached hydrogen (secondary N) is 1. The highest BCUT2D eigenvalue weighted by molar-refractivity contribution is 7.99. The lowest BCUT2D eigenvalue weighted by molar-refractivity contribution is 0.185. The maximum atomic E-state index is 5.08. The zero-order chi connectivity index (χ0) is 9.10. The van der Waals surface area contributed by atoms with Gasteiger partial charge >= 0.3 is 0 Å². The fourth-order valence-electron chi connectivity index (χ4n) is 1.44. The highest BCUT2D eigenvalue weighted by Crippen LogP contribution is 2.31. The molecule has 3 heteroatoms. The van der Waals surface area contributed by atoms with Gasteiger partial charge in [0.05, 0.1) is 6.61 Å². The second-order valence-corrected chi connectivity index (χ2v) is 4.18. The Morgan fingerprint density at radius 2 is 2.46 bits per heavy atom. The number of hydrogen-bond acceptors (Lipinski definition) is 3. The second-order valence-electron chi connectivity index (χ2n) is 3.04. The van der Waals surface area contributed by atoms with Gasteiger partial charge in [0.25, 0.3) is 0 Å². The van der Waals surface area contributed by atoms with E-state index in [0.717, 1.165) is 12.3 Å². The summed E-state index contributed by atoms with van der Waals surface area (Å²) < 4.78 is 5.08. The van der Waals surface area contributed by atoms with E-state index in [2.05, 4.69) is 23.5 Å². The van der Waals surface area contributed by atoms with Crippen molar-refractivity contribution in [3.8, 4) is 0 Å². The minimum absolute atomic E-state index is 0.694. The number of benzene rings is 1. The molecule has 1 aromatic rings.